The number of Topliss-reactive ketones (excluding diaryl/α,β-unsaturated/α-hetero) is 2. The number of hydrogen-bond acceptors (Lipinski definition) is 5. The van der Waals surface area contributed by atoms with Gasteiger partial charge in [-0.1, -0.05) is 23.2 Å². The third-order valence-electron chi connectivity index (χ3n) is 2.73. The molecule has 0 fully saturated rings. The standard InChI is InChI=1S/C11H10Cl2N4O3/c1-4(18)9-14-7-8(12)17(6(3)20)11(13,5(2)19)16-10(7)15-9/h1-3H3,(H,14,15,16). The average Bonchev–Trinajstić information content (AvgIpc) is 2.72. The van der Waals surface area contributed by atoms with Crippen LogP contribution < -0.4 is 10.8 Å². The lowest BCUT2D eigenvalue weighted by Crippen LogP contribution is -2.56. The Hall–Kier alpha value is -1.73. The molecule has 1 amide bonds. The van der Waals surface area contributed by atoms with E-state index in [9.17, 15) is 14.4 Å². The lowest BCUT2D eigenvalue weighted by Gasteiger charge is -2.33. The summed E-state index contributed by atoms with van der Waals surface area (Å²) in [5.41, 5.74) is 0.0166. The van der Waals surface area contributed by atoms with Crippen molar-refractivity contribution >= 4 is 45.8 Å². The lowest BCUT2D eigenvalue weighted by molar-refractivity contribution is -0.135. The van der Waals surface area contributed by atoms with Crippen LogP contribution in [0.1, 0.15) is 31.4 Å². The Morgan fingerprint density at radius 1 is 1.25 bits per heavy atom. The number of carbonyl (C=O) groups is 3. The summed E-state index contributed by atoms with van der Waals surface area (Å²) >= 11 is 12.2. The van der Waals surface area contributed by atoms with Crippen LogP contribution in [0.25, 0.3) is 5.16 Å². The van der Waals surface area contributed by atoms with Gasteiger partial charge >= 0.3 is 0 Å². The summed E-state index contributed by atoms with van der Waals surface area (Å²) in [6, 6.07) is 0. The number of H-pyrrole nitrogens is 1. The monoisotopic (exact) mass is 316 g/mol. The van der Waals surface area contributed by atoms with Crippen LogP contribution in [-0.2, 0) is 9.59 Å². The molecule has 0 bridgehead atoms. The van der Waals surface area contributed by atoms with E-state index in [0.717, 1.165) is 4.90 Å². The molecular formula is C11H10Cl2N4O3. The topological polar surface area (TPSA) is 95.5 Å². The molecule has 0 saturated heterocycles. The van der Waals surface area contributed by atoms with Crippen LogP contribution >= 0.6 is 23.2 Å². The first-order valence-electron chi connectivity index (χ1n) is 5.56. The quantitative estimate of drug-likeness (QED) is 0.467. The zero-order chi connectivity index (χ0) is 15.2. The summed E-state index contributed by atoms with van der Waals surface area (Å²) < 4.78 is 0. The first kappa shape index (κ1) is 14.7. The van der Waals surface area contributed by atoms with Crippen LogP contribution in [0.3, 0.4) is 0 Å². The van der Waals surface area contributed by atoms with Gasteiger partial charge in [-0.3, -0.25) is 19.3 Å². The number of carbonyl (C=O) groups excluding carboxylic acids is 3. The highest BCUT2D eigenvalue weighted by molar-refractivity contribution is 6.47. The molecule has 2 rings (SSSR count). The maximum absolute atomic E-state index is 11.7. The molecule has 1 aromatic rings. The molecule has 20 heavy (non-hydrogen) atoms. The summed E-state index contributed by atoms with van der Waals surface area (Å²) in [5, 5.41) is -1.95. The Morgan fingerprint density at radius 2 is 1.85 bits per heavy atom. The number of nitrogens with zero attached hydrogens (tertiary/aromatic N) is 3. The fourth-order valence-corrected chi connectivity index (χ4v) is 2.47. The largest absolute Gasteiger partial charge is 0.332 e. The Morgan fingerprint density at radius 3 is 2.30 bits per heavy atom. The molecule has 1 aliphatic rings. The van der Waals surface area contributed by atoms with Crippen LogP contribution in [0.2, 0.25) is 0 Å². The molecule has 1 N–H and O–H groups in total. The van der Waals surface area contributed by atoms with E-state index >= 15 is 0 Å². The number of fused-ring (bicyclic) bond motifs is 1. The zero-order valence-electron chi connectivity index (χ0n) is 10.8. The van der Waals surface area contributed by atoms with Gasteiger partial charge in [0.25, 0.3) is 5.12 Å². The van der Waals surface area contributed by atoms with Crippen molar-refractivity contribution in [2.75, 3.05) is 0 Å². The van der Waals surface area contributed by atoms with Crippen LogP contribution in [0.15, 0.2) is 4.99 Å². The van der Waals surface area contributed by atoms with Gasteiger partial charge in [0.1, 0.15) is 10.5 Å². The number of ketones is 2. The van der Waals surface area contributed by atoms with E-state index in [1.165, 1.54) is 20.8 Å². The van der Waals surface area contributed by atoms with Crippen molar-refractivity contribution in [1.82, 2.24) is 14.9 Å². The fraction of sp³-hybridized carbons (Fsp3) is 0.364. The number of amides is 1. The van der Waals surface area contributed by atoms with Gasteiger partial charge in [0.05, 0.1) is 0 Å². The molecule has 0 radical (unpaired) electrons. The normalized spacial score (nSPS) is 21.2. The number of nitrogens with one attached hydrogen (secondary N) is 1. The van der Waals surface area contributed by atoms with Crippen molar-refractivity contribution < 1.29 is 14.4 Å². The van der Waals surface area contributed by atoms with Crippen LogP contribution in [0.5, 0.6) is 0 Å². The summed E-state index contributed by atoms with van der Waals surface area (Å²) in [4.78, 5) is 46.1. The zero-order valence-corrected chi connectivity index (χ0v) is 12.3. The van der Waals surface area contributed by atoms with Crippen molar-refractivity contribution in [3.8, 4) is 0 Å². The molecule has 1 unspecified atom stereocenters. The SMILES string of the molecule is CC(=O)c1nc2c([nH]1)=C(Cl)N(C(C)=O)C(Cl)(C(C)=O)N=2. The summed E-state index contributed by atoms with van der Waals surface area (Å²) in [6.07, 6.45) is 0. The van der Waals surface area contributed by atoms with Gasteiger partial charge < -0.3 is 4.98 Å². The molecule has 2 heterocycles. The Bertz CT molecular complexity index is 754. The molecule has 0 aromatic carbocycles. The lowest BCUT2D eigenvalue weighted by atomic mass is 10.2. The molecule has 7 nitrogen and oxygen atoms in total. The molecule has 9 heteroatoms. The minimum Gasteiger partial charge on any atom is -0.332 e. The second-order valence-electron chi connectivity index (χ2n) is 4.24. The van der Waals surface area contributed by atoms with E-state index in [1.54, 1.807) is 0 Å². The third-order valence-corrected chi connectivity index (χ3v) is 3.61. The molecule has 0 saturated carbocycles. The highest BCUT2D eigenvalue weighted by atomic mass is 35.5. The van der Waals surface area contributed by atoms with Gasteiger partial charge in [-0.15, -0.1) is 0 Å². The Balaban J connectivity index is 2.85. The summed E-state index contributed by atoms with van der Waals surface area (Å²) in [7, 11) is 0. The molecule has 0 spiro atoms. The molecule has 1 aliphatic heterocycles. The van der Waals surface area contributed by atoms with Crippen molar-refractivity contribution in [2.45, 2.75) is 25.9 Å². The van der Waals surface area contributed by atoms with Gasteiger partial charge in [-0.05, 0) is 0 Å². The molecule has 106 valence electrons. The van der Waals surface area contributed by atoms with Gasteiger partial charge in [-0.2, -0.15) is 0 Å². The van der Waals surface area contributed by atoms with Crippen LogP contribution in [0, 0.1) is 0 Å². The van der Waals surface area contributed by atoms with Gasteiger partial charge in [0, 0.05) is 20.8 Å². The minimum absolute atomic E-state index is 0.0166. The number of aromatic nitrogens is 2. The predicted octanol–water partition coefficient (Wildman–Crippen LogP) is -0.120. The number of halogens is 2. The Labute approximate surface area is 123 Å². The third kappa shape index (κ3) is 2.03. The number of aromatic amines is 1. The van der Waals surface area contributed by atoms with E-state index in [0.29, 0.717) is 0 Å². The fourth-order valence-electron chi connectivity index (χ4n) is 1.77. The number of alkyl halides is 1. The highest BCUT2D eigenvalue weighted by Crippen LogP contribution is 2.31. The number of imidazole rings is 1. The van der Waals surface area contributed by atoms with E-state index in [-0.39, 0.29) is 27.6 Å². The highest BCUT2D eigenvalue weighted by Gasteiger charge is 2.45. The number of rotatable bonds is 2. The Kier molecular flexibility index (Phi) is 3.43. The van der Waals surface area contributed by atoms with Crippen LogP contribution in [-0.4, -0.2) is 37.5 Å². The smallest absolute Gasteiger partial charge is 0.277 e. The van der Waals surface area contributed by atoms with E-state index in [1.807, 2.05) is 0 Å². The molecule has 1 aromatic heterocycles. The van der Waals surface area contributed by atoms with E-state index < -0.39 is 16.8 Å². The van der Waals surface area contributed by atoms with Crippen molar-refractivity contribution in [3.05, 3.63) is 16.7 Å². The van der Waals surface area contributed by atoms with Crippen LogP contribution in [0.4, 0.5) is 0 Å². The van der Waals surface area contributed by atoms with E-state index in [2.05, 4.69) is 15.0 Å². The van der Waals surface area contributed by atoms with Crippen molar-refractivity contribution in [2.24, 2.45) is 4.99 Å². The van der Waals surface area contributed by atoms with Gasteiger partial charge in [0.15, 0.2) is 22.9 Å². The van der Waals surface area contributed by atoms with E-state index in [4.69, 9.17) is 23.2 Å². The maximum atomic E-state index is 11.7. The molecule has 1 atom stereocenters. The van der Waals surface area contributed by atoms with Gasteiger partial charge in [-0.25, -0.2) is 9.98 Å². The predicted molar refractivity (Wildman–Crippen MR) is 70.4 cm³/mol. The summed E-state index contributed by atoms with van der Waals surface area (Å²) in [6.45, 7) is 3.69. The number of hydrogen-bond donors (Lipinski definition) is 1. The molecule has 0 aliphatic carbocycles. The van der Waals surface area contributed by atoms with Crippen molar-refractivity contribution in [3.63, 3.8) is 0 Å². The average molecular weight is 317 g/mol. The molecular weight excluding hydrogens is 307 g/mol. The second-order valence-corrected chi connectivity index (χ2v) is 5.13. The minimum atomic E-state index is -1.99. The summed E-state index contributed by atoms with van der Waals surface area (Å²) in [5.74, 6) is -1.47. The van der Waals surface area contributed by atoms with Gasteiger partial charge in [0.2, 0.25) is 5.91 Å². The first-order valence-corrected chi connectivity index (χ1v) is 6.31. The second kappa shape index (κ2) is 4.68. The first-order chi connectivity index (χ1) is 9.18. The van der Waals surface area contributed by atoms with Crippen molar-refractivity contribution in [1.29, 1.82) is 0 Å². The maximum Gasteiger partial charge on any atom is 0.277 e.